The predicted molar refractivity (Wildman–Crippen MR) is 55.6 cm³/mol. The number of rotatable bonds is 4. The third-order valence-electron chi connectivity index (χ3n) is 2.88. The summed E-state index contributed by atoms with van der Waals surface area (Å²) in [6.45, 7) is 4.30. The molecule has 0 radical (unpaired) electrons. The van der Waals surface area contributed by atoms with Crippen molar-refractivity contribution in [2.75, 3.05) is 0 Å². The highest BCUT2D eigenvalue weighted by atomic mass is 16.1. The van der Waals surface area contributed by atoms with Gasteiger partial charge >= 0.3 is 0 Å². The summed E-state index contributed by atoms with van der Waals surface area (Å²) < 4.78 is 0. The normalized spacial score (nSPS) is 19.4. The molecule has 0 saturated carbocycles. The molecule has 1 aliphatic carbocycles. The number of hydrogen-bond donors (Lipinski definition) is 0. The van der Waals surface area contributed by atoms with Crippen molar-refractivity contribution in [3.05, 3.63) is 11.6 Å². The Morgan fingerprint density at radius 3 is 2.85 bits per heavy atom. The molecule has 0 heterocycles. The van der Waals surface area contributed by atoms with Gasteiger partial charge < -0.3 is 0 Å². The Kier molecular flexibility index (Phi) is 4.20. The molecule has 0 N–H and O–H groups in total. The summed E-state index contributed by atoms with van der Waals surface area (Å²) >= 11 is 0. The average molecular weight is 180 g/mol. The highest BCUT2D eigenvalue weighted by Gasteiger charge is 2.14. The molecule has 0 amide bonds. The molecule has 1 aliphatic rings. The second-order valence-corrected chi connectivity index (χ2v) is 4.12. The Morgan fingerprint density at radius 1 is 1.54 bits per heavy atom. The lowest BCUT2D eigenvalue weighted by atomic mass is 9.91. The molecule has 0 aromatic rings. The van der Waals surface area contributed by atoms with E-state index in [1.54, 1.807) is 0 Å². The van der Waals surface area contributed by atoms with Crippen LogP contribution in [0.2, 0.25) is 0 Å². The van der Waals surface area contributed by atoms with E-state index < -0.39 is 0 Å². The molecule has 1 nitrogen and oxygen atoms in total. The first-order chi connectivity index (χ1) is 6.24. The molecular formula is C12H20O. The molecule has 0 bridgehead atoms. The molecule has 1 rings (SSSR count). The number of allylic oxidation sites excluding steroid dienone is 2. The first kappa shape index (κ1) is 10.5. The average Bonchev–Trinajstić information content (AvgIpc) is 2.19. The molecule has 0 fully saturated rings. The van der Waals surface area contributed by atoms with Crippen molar-refractivity contribution >= 4 is 5.78 Å². The van der Waals surface area contributed by atoms with Gasteiger partial charge in [-0.2, -0.15) is 0 Å². The van der Waals surface area contributed by atoms with Gasteiger partial charge in [-0.25, -0.2) is 0 Å². The SMILES string of the molecule is CC[C@@H](C)CC(=O)C1=CCCCC1. The monoisotopic (exact) mass is 180 g/mol. The summed E-state index contributed by atoms with van der Waals surface area (Å²) in [5, 5.41) is 0. The summed E-state index contributed by atoms with van der Waals surface area (Å²) in [6, 6.07) is 0. The molecule has 13 heavy (non-hydrogen) atoms. The molecule has 0 aromatic carbocycles. The van der Waals surface area contributed by atoms with Crippen molar-refractivity contribution in [1.29, 1.82) is 0 Å². The number of carbonyl (C=O) groups is 1. The van der Waals surface area contributed by atoms with Gasteiger partial charge in [-0.3, -0.25) is 4.79 Å². The summed E-state index contributed by atoms with van der Waals surface area (Å²) in [6.07, 6.45) is 8.62. The minimum Gasteiger partial charge on any atom is -0.295 e. The van der Waals surface area contributed by atoms with E-state index in [1.807, 2.05) is 0 Å². The molecule has 74 valence electrons. The van der Waals surface area contributed by atoms with E-state index in [1.165, 1.54) is 12.8 Å². The van der Waals surface area contributed by atoms with E-state index in [4.69, 9.17) is 0 Å². The van der Waals surface area contributed by atoms with Crippen molar-refractivity contribution in [2.24, 2.45) is 5.92 Å². The summed E-state index contributed by atoms with van der Waals surface area (Å²) in [4.78, 5) is 11.7. The molecule has 0 spiro atoms. The smallest absolute Gasteiger partial charge is 0.158 e. The van der Waals surface area contributed by atoms with Crippen molar-refractivity contribution in [2.45, 2.75) is 52.4 Å². The maximum absolute atomic E-state index is 11.7. The molecule has 0 saturated heterocycles. The van der Waals surface area contributed by atoms with E-state index in [0.29, 0.717) is 11.7 Å². The van der Waals surface area contributed by atoms with Crippen LogP contribution in [0.15, 0.2) is 11.6 Å². The van der Waals surface area contributed by atoms with Crippen molar-refractivity contribution in [1.82, 2.24) is 0 Å². The summed E-state index contributed by atoms with van der Waals surface area (Å²) in [5.74, 6) is 0.948. The topological polar surface area (TPSA) is 17.1 Å². The highest BCUT2D eigenvalue weighted by Crippen LogP contribution is 2.21. The van der Waals surface area contributed by atoms with Crippen molar-refractivity contribution < 1.29 is 4.79 Å². The van der Waals surface area contributed by atoms with Crippen LogP contribution >= 0.6 is 0 Å². The number of Topliss-reactive ketones (excluding diaryl/α,β-unsaturated/α-hetero) is 1. The van der Waals surface area contributed by atoms with Crippen LogP contribution in [0.1, 0.15) is 52.4 Å². The fourth-order valence-electron chi connectivity index (χ4n) is 1.68. The van der Waals surface area contributed by atoms with Gasteiger partial charge in [-0.15, -0.1) is 0 Å². The van der Waals surface area contributed by atoms with Crippen LogP contribution in [0.25, 0.3) is 0 Å². The lowest BCUT2D eigenvalue weighted by Crippen LogP contribution is -2.09. The fourth-order valence-corrected chi connectivity index (χ4v) is 1.68. The van der Waals surface area contributed by atoms with Gasteiger partial charge in [-0.1, -0.05) is 26.3 Å². The molecule has 1 heteroatoms. The van der Waals surface area contributed by atoms with E-state index in [0.717, 1.165) is 31.3 Å². The standard InChI is InChI=1S/C12H20O/c1-3-10(2)9-12(13)11-7-5-4-6-8-11/h7,10H,3-6,8-9H2,1-2H3/t10-/m1/s1. The van der Waals surface area contributed by atoms with Gasteiger partial charge in [0.05, 0.1) is 0 Å². The van der Waals surface area contributed by atoms with Crippen LogP contribution in [0.5, 0.6) is 0 Å². The van der Waals surface area contributed by atoms with E-state index >= 15 is 0 Å². The van der Waals surface area contributed by atoms with Crippen LogP contribution < -0.4 is 0 Å². The van der Waals surface area contributed by atoms with E-state index in [9.17, 15) is 4.79 Å². The third-order valence-corrected chi connectivity index (χ3v) is 2.88. The summed E-state index contributed by atoms with van der Waals surface area (Å²) in [5.41, 5.74) is 1.10. The van der Waals surface area contributed by atoms with Gasteiger partial charge in [0.15, 0.2) is 5.78 Å². The Labute approximate surface area is 81.2 Å². The Morgan fingerprint density at radius 2 is 2.31 bits per heavy atom. The number of ketones is 1. The second kappa shape index (κ2) is 5.21. The number of carbonyl (C=O) groups excluding carboxylic acids is 1. The predicted octanol–water partition coefficient (Wildman–Crippen LogP) is 3.49. The highest BCUT2D eigenvalue weighted by molar-refractivity contribution is 5.95. The van der Waals surface area contributed by atoms with Crippen LogP contribution in [0.4, 0.5) is 0 Å². The summed E-state index contributed by atoms with van der Waals surface area (Å²) in [7, 11) is 0. The minimum atomic E-state index is 0.397. The lowest BCUT2D eigenvalue weighted by Gasteiger charge is -2.13. The van der Waals surface area contributed by atoms with E-state index in [-0.39, 0.29) is 0 Å². The van der Waals surface area contributed by atoms with Gasteiger partial charge in [-0.05, 0) is 37.2 Å². The van der Waals surface area contributed by atoms with Gasteiger partial charge in [0, 0.05) is 6.42 Å². The van der Waals surface area contributed by atoms with Crippen molar-refractivity contribution in [3.63, 3.8) is 0 Å². The second-order valence-electron chi connectivity index (χ2n) is 4.12. The van der Waals surface area contributed by atoms with Gasteiger partial charge in [0.2, 0.25) is 0 Å². The van der Waals surface area contributed by atoms with Crippen LogP contribution in [-0.2, 0) is 4.79 Å². The Balaban J connectivity index is 2.42. The fraction of sp³-hybridized carbons (Fsp3) is 0.750. The first-order valence-electron chi connectivity index (χ1n) is 5.46. The van der Waals surface area contributed by atoms with Crippen LogP contribution in [0.3, 0.4) is 0 Å². The minimum absolute atomic E-state index is 0.397. The first-order valence-corrected chi connectivity index (χ1v) is 5.46. The molecule has 0 unspecified atom stereocenters. The molecular weight excluding hydrogens is 160 g/mol. The lowest BCUT2D eigenvalue weighted by molar-refractivity contribution is -0.116. The zero-order valence-corrected chi connectivity index (χ0v) is 8.81. The van der Waals surface area contributed by atoms with Crippen molar-refractivity contribution in [3.8, 4) is 0 Å². The third kappa shape index (κ3) is 3.33. The van der Waals surface area contributed by atoms with Crippen LogP contribution in [0, 0.1) is 5.92 Å². The zero-order chi connectivity index (χ0) is 9.68. The van der Waals surface area contributed by atoms with E-state index in [2.05, 4.69) is 19.9 Å². The molecule has 1 atom stereocenters. The van der Waals surface area contributed by atoms with Crippen LogP contribution in [-0.4, -0.2) is 5.78 Å². The maximum Gasteiger partial charge on any atom is 0.158 e. The van der Waals surface area contributed by atoms with Gasteiger partial charge in [0.1, 0.15) is 0 Å². The molecule has 0 aliphatic heterocycles. The van der Waals surface area contributed by atoms with Gasteiger partial charge in [0.25, 0.3) is 0 Å². The zero-order valence-electron chi connectivity index (χ0n) is 8.81. The molecule has 0 aromatic heterocycles. The Bertz CT molecular complexity index is 203. The Hall–Kier alpha value is -0.590. The quantitative estimate of drug-likeness (QED) is 0.647. The maximum atomic E-state index is 11.7. The largest absolute Gasteiger partial charge is 0.295 e. The number of hydrogen-bond acceptors (Lipinski definition) is 1.